The summed E-state index contributed by atoms with van der Waals surface area (Å²) >= 11 is 0. The molecule has 31 heavy (non-hydrogen) atoms. The number of nitrogens with one attached hydrogen (secondary N) is 1. The van der Waals surface area contributed by atoms with E-state index in [1.54, 1.807) is 18.1 Å². The number of Topliss-reactive ketones (excluding diaryl/α,β-unsaturated/α-hetero) is 1. The van der Waals surface area contributed by atoms with Gasteiger partial charge in [-0.25, -0.2) is 4.79 Å². The van der Waals surface area contributed by atoms with Crippen LogP contribution in [0.2, 0.25) is 0 Å². The fraction of sp³-hybridized carbons (Fsp3) is 0.231. The van der Waals surface area contributed by atoms with Crippen molar-refractivity contribution in [2.75, 3.05) is 25.5 Å². The van der Waals surface area contributed by atoms with E-state index >= 15 is 0 Å². The third-order valence-electron chi connectivity index (χ3n) is 5.68. The monoisotopic (exact) mass is 414 g/mol. The number of carbonyl (C=O) groups excluding carboxylic acids is 2. The Balaban J connectivity index is 1.40. The second-order valence-electron chi connectivity index (χ2n) is 7.75. The first-order chi connectivity index (χ1) is 15.1. The summed E-state index contributed by atoms with van der Waals surface area (Å²) in [6, 6.07) is 24.9. The lowest BCUT2D eigenvalue weighted by molar-refractivity contribution is 0.0851. The number of urea groups is 1. The Morgan fingerprint density at radius 1 is 0.935 bits per heavy atom. The van der Waals surface area contributed by atoms with Crippen LogP contribution in [0.3, 0.4) is 0 Å². The molecular formula is C26H26N2O3. The van der Waals surface area contributed by atoms with E-state index in [1.165, 1.54) is 0 Å². The van der Waals surface area contributed by atoms with Gasteiger partial charge in [0.25, 0.3) is 0 Å². The maximum absolute atomic E-state index is 13.1. The van der Waals surface area contributed by atoms with Crippen molar-refractivity contribution in [3.8, 4) is 16.9 Å². The Labute approximate surface area is 182 Å². The van der Waals surface area contributed by atoms with Crippen molar-refractivity contribution in [3.63, 3.8) is 0 Å². The van der Waals surface area contributed by atoms with Gasteiger partial charge in [-0.2, -0.15) is 0 Å². The zero-order valence-electron chi connectivity index (χ0n) is 17.6. The molecule has 0 aliphatic carbocycles. The summed E-state index contributed by atoms with van der Waals surface area (Å²) in [5, 5.41) is 2.91. The lowest BCUT2D eigenvalue weighted by Crippen LogP contribution is -2.44. The van der Waals surface area contributed by atoms with Gasteiger partial charge in [-0.3, -0.25) is 4.79 Å². The molecule has 1 atom stereocenters. The van der Waals surface area contributed by atoms with Gasteiger partial charge in [0, 0.05) is 36.3 Å². The van der Waals surface area contributed by atoms with Crippen LogP contribution in [0.25, 0.3) is 11.1 Å². The van der Waals surface area contributed by atoms with Crippen molar-refractivity contribution in [2.24, 2.45) is 5.92 Å². The second kappa shape index (κ2) is 9.47. The molecule has 0 aromatic heterocycles. The van der Waals surface area contributed by atoms with Crippen LogP contribution in [-0.2, 0) is 0 Å². The molecule has 0 spiro atoms. The molecule has 4 rings (SSSR count). The minimum Gasteiger partial charge on any atom is -0.497 e. The number of ketones is 1. The van der Waals surface area contributed by atoms with Gasteiger partial charge in [0.05, 0.1) is 7.11 Å². The number of methoxy groups -OCH3 is 1. The third kappa shape index (κ3) is 4.94. The summed E-state index contributed by atoms with van der Waals surface area (Å²) in [7, 11) is 1.59. The smallest absolute Gasteiger partial charge is 0.321 e. The molecule has 3 aromatic carbocycles. The lowest BCUT2D eigenvalue weighted by atomic mass is 9.89. The number of rotatable bonds is 5. The standard InChI is InChI=1S/C26H26N2O3/c1-31-24-11-5-10-23(17-24)27-26(30)28-16-6-9-22(18-28)25(29)21-14-12-20(13-15-21)19-7-3-2-4-8-19/h2-5,7-8,10-15,17,22H,6,9,16,18H2,1H3,(H,27,30)/t22-/m0/s1. The Morgan fingerprint density at radius 2 is 1.68 bits per heavy atom. The highest BCUT2D eigenvalue weighted by atomic mass is 16.5. The highest BCUT2D eigenvalue weighted by molar-refractivity contribution is 5.99. The summed E-state index contributed by atoms with van der Waals surface area (Å²) in [4.78, 5) is 27.5. The number of anilines is 1. The first kappa shape index (κ1) is 20.7. The minimum absolute atomic E-state index is 0.0958. The average Bonchev–Trinajstić information content (AvgIpc) is 2.84. The molecule has 1 aliphatic heterocycles. The molecule has 0 unspecified atom stereocenters. The van der Waals surface area contributed by atoms with Crippen molar-refractivity contribution in [1.82, 2.24) is 4.90 Å². The van der Waals surface area contributed by atoms with Gasteiger partial charge in [-0.1, -0.05) is 60.7 Å². The fourth-order valence-corrected chi connectivity index (χ4v) is 3.97. The van der Waals surface area contributed by atoms with E-state index in [1.807, 2.05) is 60.7 Å². The number of likely N-dealkylation sites (tertiary alicyclic amines) is 1. The van der Waals surface area contributed by atoms with Crippen LogP contribution in [0.15, 0.2) is 78.9 Å². The number of amides is 2. The normalized spacial score (nSPS) is 15.9. The van der Waals surface area contributed by atoms with Gasteiger partial charge in [-0.15, -0.1) is 0 Å². The summed E-state index contributed by atoms with van der Waals surface area (Å²) in [6.45, 7) is 1.07. The quantitative estimate of drug-likeness (QED) is 0.562. The van der Waals surface area contributed by atoms with Gasteiger partial charge in [0.2, 0.25) is 0 Å². The highest BCUT2D eigenvalue weighted by Crippen LogP contribution is 2.25. The van der Waals surface area contributed by atoms with E-state index in [-0.39, 0.29) is 17.7 Å². The molecule has 3 aromatic rings. The molecular weight excluding hydrogens is 388 g/mol. The molecule has 1 aliphatic rings. The van der Waals surface area contributed by atoms with Crippen molar-refractivity contribution in [3.05, 3.63) is 84.4 Å². The maximum Gasteiger partial charge on any atom is 0.321 e. The highest BCUT2D eigenvalue weighted by Gasteiger charge is 2.29. The molecule has 0 bridgehead atoms. The molecule has 0 radical (unpaired) electrons. The van der Waals surface area contributed by atoms with Crippen LogP contribution in [0.1, 0.15) is 23.2 Å². The van der Waals surface area contributed by atoms with Gasteiger partial charge >= 0.3 is 6.03 Å². The van der Waals surface area contributed by atoms with Gasteiger partial charge < -0.3 is 15.0 Å². The first-order valence-corrected chi connectivity index (χ1v) is 10.5. The van der Waals surface area contributed by atoms with E-state index < -0.39 is 0 Å². The Bertz CT molecular complexity index is 1050. The van der Waals surface area contributed by atoms with E-state index in [2.05, 4.69) is 17.4 Å². The van der Waals surface area contributed by atoms with Gasteiger partial charge in [0.15, 0.2) is 5.78 Å². The van der Waals surface area contributed by atoms with Crippen LogP contribution < -0.4 is 10.1 Å². The van der Waals surface area contributed by atoms with Gasteiger partial charge in [0.1, 0.15) is 5.75 Å². The number of ether oxygens (including phenoxy) is 1. The second-order valence-corrected chi connectivity index (χ2v) is 7.75. The fourth-order valence-electron chi connectivity index (χ4n) is 3.97. The van der Waals surface area contributed by atoms with E-state index in [4.69, 9.17) is 4.74 Å². The van der Waals surface area contributed by atoms with Crippen molar-refractivity contribution in [2.45, 2.75) is 12.8 Å². The maximum atomic E-state index is 13.1. The number of hydrogen-bond donors (Lipinski definition) is 1. The lowest BCUT2D eigenvalue weighted by Gasteiger charge is -2.32. The molecule has 5 heteroatoms. The summed E-state index contributed by atoms with van der Waals surface area (Å²) in [6.07, 6.45) is 1.60. The Morgan fingerprint density at radius 3 is 2.42 bits per heavy atom. The summed E-state index contributed by atoms with van der Waals surface area (Å²) < 4.78 is 5.21. The van der Waals surface area contributed by atoms with E-state index in [0.29, 0.717) is 30.1 Å². The molecule has 1 fully saturated rings. The molecule has 158 valence electrons. The predicted octanol–water partition coefficient (Wildman–Crippen LogP) is 5.49. The minimum atomic E-state index is -0.190. The Hall–Kier alpha value is -3.60. The molecule has 0 saturated carbocycles. The van der Waals surface area contributed by atoms with Crippen LogP contribution in [0, 0.1) is 5.92 Å². The molecule has 1 N–H and O–H groups in total. The van der Waals surface area contributed by atoms with Crippen LogP contribution in [0.4, 0.5) is 10.5 Å². The average molecular weight is 415 g/mol. The summed E-state index contributed by atoms with van der Waals surface area (Å²) in [5.41, 5.74) is 3.58. The van der Waals surface area contributed by atoms with E-state index in [9.17, 15) is 9.59 Å². The van der Waals surface area contributed by atoms with Crippen LogP contribution in [-0.4, -0.2) is 36.9 Å². The first-order valence-electron chi connectivity index (χ1n) is 10.5. The SMILES string of the molecule is COc1cccc(NC(=O)N2CCC[C@H](C(=O)c3ccc(-c4ccccc4)cc3)C2)c1. The van der Waals surface area contributed by atoms with Crippen LogP contribution in [0.5, 0.6) is 5.75 Å². The predicted molar refractivity (Wildman–Crippen MR) is 123 cm³/mol. The number of piperidine rings is 1. The van der Waals surface area contributed by atoms with Crippen molar-refractivity contribution < 1.29 is 14.3 Å². The zero-order chi connectivity index (χ0) is 21.6. The third-order valence-corrected chi connectivity index (χ3v) is 5.68. The largest absolute Gasteiger partial charge is 0.497 e. The van der Waals surface area contributed by atoms with E-state index in [0.717, 1.165) is 24.0 Å². The molecule has 1 saturated heterocycles. The topological polar surface area (TPSA) is 58.6 Å². The zero-order valence-corrected chi connectivity index (χ0v) is 17.6. The van der Waals surface area contributed by atoms with Gasteiger partial charge in [-0.05, 0) is 36.1 Å². The summed E-state index contributed by atoms with van der Waals surface area (Å²) in [5.74, 6) is 0.592. The Kier molecular flexibility index (Phi) is 6.32. The van der Waals surface area contributed by atoms with Crippen LogP contribution >= 0.6 is 0 Å². The number of benzene rings is 3. The number of carbonyl (C=O) groups is 2. The molecule has 2 amide bonds. The number of hydrogen-bond acceptors (Lipinski definition) is 3. The van der Waals surface area contributed by atoms with Crippen molar-refractivity contribution >= 4 is 17.5 Å². The molecule has 5 nitrogen and oxygen atoms in total. The van der Waals surface area contributed by atoms with Crippen molar-refractivity contribution in [1.29, 1.82) is 0 Å². The number of nitrogens with zero attached hydrogens (tertiary/aromatic N) is 1. The molecule has 1 heterocycles.